The number of sulfonamides is 1. The molecule has 0 saturated heterocycles. The van der Waals surface area contributed by atoms with Crippen LogP contribution in [-0.2, 0) is 27.8 Å². The summed E-state index contributed by atoms with van der Waals surface area (Å²) in [6.07, 6.45) is 0.769. The van der Waals surface area contributed by atoms with E-state index in [2.05, 4.69) is 10.0 Å². The summed E-state index contributed by atoms with van der Waals surface area (Å²) in [5, 5.41) is 3.87. The number of halogens is 2. The highest BCUT2D eigenvalue weighted by Crippen LogP contribution is 2.21. The van der Waals surface area contributed by atoms with Gasteiger partial charge in [-0.3, -0.25) is 9.52 Å². The summed E-state index contributed by atoms with van der Waals surface area (Å²) in [6, 6.07) is 18.8. The Morgan fingerprint density at radius 1 is 0.935 bits per heavy atom. The van der Waals surface area contributed by atoms with E-state index in [0.29, 0.717) is 28.7 Å². The first-order chi connectivity index (χ1) is 14.7. The molecule has 0 fully saturated rings. The highest BCUT2D eigenvalue weighted by Gasteiger charge is 2.14. The van der Waals surface area contributed by atoms with Gasteiger partial charge in [-0.2, -0.15) is 0 Å². The van der Waals surface area contributed by atoms with Gasteiger partial charge >= 0.3 is 0 Å². The van der Waals surface area contributed by atoms with Crippen LogP contribution in [0.2, 0.25) is 10.0 Å². The van der Waals surface area contributed by atoms with Crippen LogP contribution in [0.25, 0.3) is 0 Å². The van der Waals surface area contributed by atoms with Crippen molar-refractivity contribution >= 4 is 44.8 Å². The zero-order valence-corrected chi connectivity index (χ0v) is 19.2. The number of amides is 1. The molecule has 0 spiro atoms. The average Bonchev–Trinajstić information content (AvgIpc) is 2.73. The molecular formula is C23H22Cl2N2O3S. The Morgan fingerprint density at radius 2 is 1.61 bits per heavy atom. The van der Waals surface area contributed by atoms with Crippen LogP contribution in [0.4, 0.5) is 5.69 Å². The lowest BCUT2D eigenvalue weighted by Crippen LogP contribution is -2.23. The Labute approximate surface area is 192 Å². The number of hydrogen-bond donors (Lipinski definition) is 2. The number of aryl methyl sites for hydroxylation is 2. The van der Waals surface area contributed by atoms with E-state index in [-0.39, 0.29) is 17.2 Å². The van der Waals surface area contributed by atoms with Gasteiger partial charge in [0, 0.05) is 28.7 Å². The minimum Gasteiger partial charge on any atom is -0.352 e. The summed E-state index contributed by atoms with van der Waals surface area (Å²) in [7, 11) is -3.67. The lowest BCUT2D eigenvalue weighted by atomic mass is 10.1. The van der Waals surface area contributed by atoms with Gasteiger partial charge in [-0.15, -0.1) is 0 Å². The smallest absolute Gasteiger partial charge is 0.261 e. The highest BCUT2D eigenvalue weighted by molar-refractivity contribution is 7.92. The van der Waals surface area contributed by atoms with Crippen molar-refractivity contribution in [3.63, 3.8) is 0 Å². The molecule has 0 saturated carbocycles. The van der Waals surface area contributed by atoms with Gasteiger partial charge in [0.15, 0.2) is 0 Å². The average molecular weight is 477 g/mol. The van der Waals surface area contributed by atoms with E-state index in [1.54, 1.807) is 42.5 Å². The van der Waals surface area contributed by atoms with E-state index in [1.165, 1.54) is 12.1 Å². The van der Waals surface area contributed by atoms with E-state index in [4.69, 9.17) is 23.2 Å². The Kier molecular flexibility index (Phi) is 7.59. The number of hydrogen-bond acceptors (Lipinski definition) is 3. The number of anilines is 1. The zero-order chi connectivity index (χ0) is 22.4. The number of carbonyl (C=O) groups is 1. The first-order valence-corrected chi connectivity index (χ1v) is 11.9. The van der Waals surface area contributed by atoms with Crippen LogP contribution in [0.1, 0.15) is 23.1 Å². The molecule has 8 heteroatoms. The Hall–Kier alpha value is -2.54. The number of carbonyl (C=O) groups excluding carboxylic acids is 1. The second-order valence-electron chi connectivity index (χ2n) is 7.13. The summed E-state index contributed by atoms with van der Waals surface area (Å²) in [5.41, 5.74) is 3.21. The Morgan fingerprint density at radius 3 is 2.26 bits per heavy atom. The van der Waals surface area contributed by atoms with Gasteiger partial charge in [0.2, 0.25) is 5.91 Å². The maximum absolute atomic E-state index is 12.5. The Bertz CT molecular complexity index is 1160. The molecule has 0 unspecified atom stereocenters. The minimum absolute atomic E-state index is 0.122. The van der Waals surface area contributed by atoms with E-state index < -0.39 is 10.0 Å². The van der Waals surface area contributed by atoms with Gasteiger partial charge in [0.1, 0.15) is 0 Å². The molecule has 3 aromatic rings. The summed E-state index contributed by atoms with van der Waals surface area (Å²) in [5.74, 6) is -0.122. The van der Waals surface area contributed by atoms with E-state index in [1.807, 2.05) is 19.1 Å². The molecule has 1 amide bonds. The third kappa shape index (κ3) is 6.72. The van der Waals surface area contributed by atoms with Gasteiger partial charge in [-0.05, 0) is 60.9 Å². The summed E-state index contributed by atoms with van der Waals surface area (Å²) in [6.45, 7) is 2.25. The van der Waals surface area contributed by atoms with Crippen LogP contribution in [0.5, 0.6) is 0 Å². The highest BCUT2D eigenvalue weighted by atomic mass is 35.5. The third-order valence-corrected chi connectivity index (χ3v) is 6.65. The summed E-state index contributed by atoms with van der Waals surface area (Å²) < 4.78 is 27.6. The van der Waals surface area contributed by atoms with Gasteiger partial charge in [-0.1, -0.05) is 59.1 Å². The SMILES string of the molecule is Cc1ccc(NS(=O)(=O)c2ccc(CCC(=O)NCc3ccc(Cl)cc3Cl)cc2)cc1. The van der Waals surface area contributed by atoms with Crippen molar-refractivity contribution in [2.45, 2.75) is 31.2 Å². The molecule has 5 nitrogen and oxygen atoms in total. The lowest BCUT2D eigenvalue weighted by Gasteiger charge is -2.10. The standard InChI is InChI=1S/C23H22Cl2N2O3S/c1-16-2-9-20(10-3-16)27-31(29,30)21-11-4-17(5-12-21)6-13-23(28)26-15-18-7-8-19(24)14-22(18)25/h2-5,7-12,14,27H,6,13,15H2,1H3,(H,26,28). The van der Waals surface area contributed by atoms with Gasteiger partial charge in [0.25, 0.3) is 10.0 Å². The fourth-order valence-corrected chi connectivity index (χ4v) is 4.41. The van der Waals surface area contributed by atoms with Crippen molar-refractivity contribution in [1.29, 1.82) is 0 Å². The van der Waals surface area contributed by atoms with Gasteiger partial charge in [-0.25, -0.2) is 8.42 Å². The third-order valence-electron chi connectivity index (χ3n) is 4.67. The molecule has 0 aliphatic heterocycles. The first kappa shape index (κ1) is 23.1. The van der Waals surface area contributed by atoms with Crippen molar-refractivity contribution in [2.75, 3.05) is 4.72 Å². The molecule has 0 aliphatic carbocycles. The number of rotatable bonds is 8. The molecule has 0 radical (unpaired) electrons. The maximum Gasteiger partial charge on any atom is 0.261 e. The predicted octanol–water partition coefficient (Wildman–Crippen LogP) is 5.35. The normalized spacial score (nSPS) is 11.2. The molecule has 0 bridgehead atoms. The molecule has 3 aromatic carbocycles. The molecule has 31 heavy (non-hydrogen) atoms. The number of benzene rings is 3. The molecule has 162 valence electrons. The topological polar surface area (TPSA) is 75.3 Å². The maximum atomic E-state index is 12.5. The monoisotopic (exact) mass is 476 g/mol. The molecule has 0 atom stereocenters. The second-order valence-corrected chi connectivity index (χ2v) is 9.65. The second kappa shape index (κ2) is 10.2. The molecule has 3 rings (SSSR count). The van der Waals surface area contributed by atoms with E-state index in [9.17, 15) is 13.2 Å². The largest absolute Gasteiger partial charge is 0.352 e. The van der Waals surface area contributed by atoms with Crippen molar-refractivity contribution in [3.05, 3.63) is 93.5 Å². The molecule has 2 N–H and O–H groups in total. The van der Waals surface area contributed by atoms with Gasteiger partial charge in [0.05, 0.1) is 4.90 Å². The van der Waals surface area contributed by atoms with Gasteiger partial charge < -0.3 is 5.32 Å². The zero-order valence-electron chi connectivity index (χ0n) is 16.9. The molecule has 0 aromatic heterocycles. The quantitative estimate of drug-likeness (QED) is 0.459. The van der Waals surface area contributed by atoms with Crippen molar-refractivity contribution in [3.8, 4) is 0 Å². The van der Waals surface area contributed by atoms with Crippen molar-refractivity contribution in [1.82, 2.24) is 5.32 Å². The summed E-state index contributed by atoms with van der Waals surface area (Å²) >= 11 is 12.0. The van der Waals surface area contributed by atoms with Crippen LogP contribution in [0.15, 0.2) is 71.6 Å². The van der Waals surface area contributed by atoms with Crippen molar-refractivity contribution in [2.24, 2.45) is 0 Å². The fourth-order valence-electron chi connectivity index (χ4n) is 2.88. The number of nitrogens with one attached hydrogen (secondary N) is 2. The van der Waals surface area contributed by atoms with Crippen LogP contribution >= 0.6 is 23.2 Å². The molecule has 0 aliphatic rings. The molecular weight excluding hydrogens is 455 g/mol. The minimum atomic E-state index is -3.67. The van der Waals surface area contributed by atoms with E-state index >= 15 is 0 Å². The predicted molar refractivity (Wildman–Crippen MR) is 125 cm³/mol. The lowest BCUT2D eigenvalue weighted by molar-refractivity contribution is -0.121. The summed E-state index contributed by atoms with van der Waals surface area (Å²) in [4.78, 5) is 12.3. The fraction of sp³-hybridized carbons (Fsp3) is 0.174. The van der Waals surface area contributed by atoms with Crippen LogP contribution in [0, 0.1) is 6.92 Å². The Balaban J connectivity index is 1.52. The van der Waals surface area contributed by atoms with Crippen LogP contribution in [-0.4, -0.2) is 14.3 Å². The van der Waals surface area contributed by atoms with Crippen LogP contribution in [0.3, 0.4) is 0 Å². The van der Waals surface area contributed by atoms with E-state index in [0.717, 1.165) is 16.7 Å². The van der Waals surface area contributed by atoms with Crippen LogP contribution < -0.4 is 10.0 Å². The van der Waals surface area contributed by atoms with Crippen molar-refractivity contribution < 1.29 is 13.2 Å². The molecule has 0 heterocycles. The first-order valence-electron chi connectivity index (χ1n) is 9.62.